The van der Waals surface area contributed by atoms with E-state index in [1.807, 2.05) is 0 Å². The summed E-state index contributed by atoms with van der Waals surface area (Å²) in [6.45, 7) is 1.43. The van der Waals surface area contributed by atoms with Gasteiger partial charge in [-0.15, -0.1) is 0 Å². The maximum absolute atomic E-state index is 12.1. The molecule has 5 heteroatoms. The van der Waals surface area contributed by atoms with Crippen LogP contribution in [0.15, 0.2) is 0 Å². The predicted molar refractivity (Wildman–Crippen MR) is 66.3 cm³/mol. The van der Waals surface area contributed by atoms with Crippen LogP contribution in [0.4, 0.5) is 0 Å². The number of esters is 1. The molecule has 0 amide bonds. The minimum absolute atomic E-state index is 0.186. The van der Waals surface area contributed by atoms with Crippen LogP contribution in [0.25, 0.3) is 0 Å². The molecule has 0 saturated heterocycles. The van der Waals surface area contributed by atoms with E-state index in [1.165, 1.54) is 7.11 Å². The highest BCUT2D eigenvalue weighted by molar-refractivity contribution is 5.82. The van der Waals surface area contributed by atoms with E-state index in [1.54, 1.807) is 7.11 Å². The Labute approximate surface area is 108 Å². The highest BCUT2D eigenvalue weighted by Crippen LogP contribution is 2.42. The molecule has 0 aromatic heterocycles. The highest BCUT2D eigenvalue weighted by atomic mass is 16.5. The minimum Gasteiger partial charge on any atom is -0.468 e. The van der Waals surface area contributed by atoms with Crippen LogP contribution in [-0.4, -0.2) is 51.6 Å². The van der Waals surface area contributed by atoms with Crippen molar-refractivity contribution in [3.8, 4) is 0 Å². The Morgan fingerprint density at radius 2 is 1.94 bits per heavy atom. The lowest BCUT2D eigenvalue weighted by Crippen LogP contribution is -2.59. The van der Waals surface area contributed by atoms with Crippen molar-refractivity contribution < 1.29 is 19.0 Å². The number of carbonyl (C=O) groups excluding carboxylic acids is 1. The quantitative estimate of drug-likeness (QED) is 0.487. The smallest absolute Gasteiger partial charge is 0.328 e. The molecule has 0 spiro atoms. The van der Waals surface area contributed by atoms with Crippen molar-refractivity contribution >= 4 is 5.97 Å². The molecule has 104 valence electrons. The summed E-state index contributed by atoms with van der Waals surface area (Å²) in [6.07, 6.45) is 4.43. The maximum atomic E-state index is 12.1. The summed E-state index contributed by atoms with van der Waals surface area (Å²) in [5, 5.41) is 3.45. The van der Waals surface area contributed by atoms with Crippen molar-refractivity contribution in [1.29, 1.82) is 0 Å². The van der Waals surface area contributed by atoms with Gasteiger partial charge in [-0.1, -0.05) is 0 Å². The Morgan fingerprint density at radius 3 is 2.44 bits per heavy atom. The molecule has 0 bridgehead atoms. The van der Waals surface area contributed by atoms with Crippen LogP contribution in [0.1, 0.15) is 25.7 Å². The molecule has 0 radical (unpaired) electrons. The van der Waals surface area contributed by atoms with Gasteiger partial charge in [0.1, 0.15) is 5.54 Å². The first-order valence-corrected chi connectivity index (χ1v) is 6.65. The second-order valence-electron chi connectivity index (χ2n) is 5.20. The molecular formula is C13H23NO4. The molecule has 2 fully saturated rings. The van der Waals surface area contributed by atoms with Crippen LogP contribution in [0.3, 0.4) is 0 Å². The van der Waals surface area contributed by atoms with Gasteiger partial charge < -0.3 is 14.2 Å². The fourth-order valence-electron chi connectivity index (χ4n) is 2.29. The Morgan fingerprint density at radius 1 is 1.22 bits per heavy atom. The minimum atomic E-state index is -0.635. The molecule has 18 heavy (non-hydrogen) atoms. The molecular weight excluding hydrogens is 234 g/mol. The number of rotatable bonds is 9. The molecule has 0 aromatic rings. The van der Waals surface area contributed by atoms with Crippen LogP contribution < -0.4 is 5.32 Å². The van der Waals surface area contributed by atoms with Gasteiger partial charge >= 0.3 is 5.97 Å². The van der Waals surface area contributed by atoms with Crippen LogP contribution in [0, 0.1) is 5.92 Å². The number of hydrogen-bond acceptors (Lipinski definition) is 5. The summed E-state index contributed by atoms with van der Waals surface area (Å²) in [5.41, 5.74) is -0.635. The van der Waals surface area contributed by atoms with E-state index < -0.39 is 5.54 Å². The van der Waals surface area contributed by atoms with E-state index in [4.69, 9.17) is 14.2 Å². The number of ether oxygens (including phenoxy) is 3. The van der Waals surface area contributed by atoms with Crippen molar-refractivity contribution in [3.05, 3.63) is 0 Å². The van der Waals surface area contributed by atoms with E-state index in [0.29, 0.717) is 31.8 Å². The monoisotopic (exact) mass is 257 g/mol. The first kappa shape index (κ1) is 13.8. The van der Waals surface area contributed by atoms with Crippen LogP contribution in [-0.2, 0) is 19.0 Å². The highest BCUT2D eigenvalue weighted by Gasteiger charge is 2.54. The number of methoxy groups -OCH3 is 2. The fourth-order valence-corrected chi connectivity index (χ4v) is 2.29. The molecule has 0 aromatic carbocycles. The van der Waals surface area contributed by atoms with Gasteiger partial charge in [0.2, 0.25) is 0 Å². The third-order valence-electron chi connectivity index (χ3n) is 3.62. The van der Waals surface area contributed by atoms with E-state index in [9.17, 15) is 4.79 Å². The number of carbonyl (C=O) groups is 1. The maximum Gasteiger partial charge on any atom is 0.328 e. The van der Waals surface area contributed by atoms with Gasteiger partial charge in [-0.2, -0.15) is 0 Å². The molecule has 2 aliphatic carbocycles. The summed E-state index contributed by atoms with van der Waals surface area (Å²) < 4.78 is 15.5. The van der Waals surface area contributed by atoms with Crippen LogP contribution in [0.5, 0.6) is 0 Å². The zero-order valence-corrected chi connectivity index (χ0v) is 11.2. The van der Waals surface area contributed by atoms with Crippen LogP contribution >= 0.6 is 0 Å². The molecule has 5 nitrogen and oxygen atoms in total. The summed E-state index contributed by atoms with van der Waals surface area (Å²) in [5.74, 6) is 0.169. The van der Waals surface area contributed by atoms with Crippen molar-refractivity contribution in [2.75, 3.05) is 34.0 Å². The summed E-state index contributed by atoms with van der Waals surface area (Å²) in [7, 11) is 3.09. The Balaban J connectivity index is 1.96. The molecule has 1 atom stereocenters. The zero-order chi connectivity index (χ0) is 13.0. The van der Waals surface area contributed by atoms with Gasteiger partial charge in [-0.05, 0) is 31.6 Å². The van der Waals surface area contributed by atoms with E-state index in [0.717, 1.165) is 25.7 Å². The lowest BCUT2D eigenvalue weighted by molar-refractivity contribution is -0.153. The largest absolute Gasteiger partial charge is 0.468 e. The second-order valence-corrected chi connectivity index (χ2v) is 5.20. The lowest BCUT2D eigenvalue weighted by Gasteiger charge is -2.32. The summed E-state index contributed by atoms with van der Waals surface area (Å²) >= 11 is 0. The lowest BCUT2D eigenvalue weighted by atomic mass is 9.94. The van der Waals surface area contributed by atoms with Gasteiger partial charge in [-0.3, -0.25) is 5.32 Å². The molecule has 2 rings (SSSR count). The third-order valence-corrected chi connectivity index (χ3v) is 3.62. The van der Waals surface area contributed by atoms with Crippen molar-refractivity contribution in [3.63, 3.8) is 0 Å². The van der Waals surface area contributed by atoms with Crippen molar-refractivity contribution in [1.82, 2.24) is 5.32 Å². The normalized spacial score (nSPS) is 22.6. The predicted octanol–water partition coefficient (Wildman–Crippen LogP) is 0.723. The van der Waals surface area contributed by atoms with Crippen molar-refractivity contribution in [2.24, 2.45) is 5.92 Å². The van der Waals surface area contributed by atoms with Gasteiger partial charge in [0.15, 0.2) is 0 Å². The topological polar surface area (TPSA) is 56.8 Å². The molecule has 2 saturated carbocycles. The van der Waals surface area contributed by atoms with Gasteiger partial charge in [0.25, 0.3) is 0 Å². The van der Waals surface area contributed by atoms with Gasteiger partial charge in [-0.25, -0.2) is 4.79 Å². The standard InChI is InChI=1S/C13H23NO4/c1-16-7-8-18-9-13(10-3-4-10,12(15)17-2)14-11-5-6-11/h10-11,14H,3-9H2,1-2H3. The molecule has 1 N–H and O–H groups in total. The second kappa shape index (κ2) is 5.99. The van der Waals surface area contributed by atoms with Gasteiger partial charge in [0.05, 0.1) is 26.9 Å². The SMILES string of the molecule is COCCOCC(NC1CC1)(C(=O)OC)C1CC1. The number of nitrogens with one attached hydrogen (secondary N) is 1. The first-order chi connectivity index (χ1) is 8.73. The average Bonchev–Trinajstić information content (AvgIpc) is 3.24. The van der Waals surface area contributed by atoms with Crippen molar-refractivity contribution in [2.45, 2.75) is 37.3 Å². The van der Waals surface area contributed by atoms with Gasteiger partial charge in [0, 0.05) is 13.2 Å². The molecule has 0 heterocycles. The average molecular weight is 257 g/mol. The number of hydrogen-bond donors (Lipinski definition) is 1. The Bertz CT molecular complexity index is 289. The van der Waals surface area contributed by atoms with Crippen LogP contribution in [0.2, 0.25) is 0 Å². The van der Waals surface area contributed by atoms with E-state index in [-0.39, 0.29) is 5.97 Å². The molecule has 0 aliphatic heterocycles. The Kier molecular flexibility index (Phi) is 4.59. The molecule has 2 aliphatic rings. The third kappa shape index (κ3) is 3.22. The Hall–Kier alpha value is -0.650. The zero-order valence-electron chi connectivity index (χ0n) is 11.2. The van der Waals surface area contributed by atoms with E-state index >= 15 is 0 Å². The summed E-state index contributed by atoms with van der Waals surface area (Å²) in [6, 6.07) is 0.454. The first-order valence-electron chi connectivity index (χ1n) is 6.65. The fraction of sp³-hybridized carbons (Fsp3) is 0.923. The van der Waals surface area contributed by atoms with E-state index in [2.05, 4.69) is 5.32 Å². The molecule has 1 unspecified atom stereocenters. The summed E-state index contributed by atoms with van der Waals surface area (Å²) in [4.78, 5) is 12.1.